The van der Waals surface area contributed by atoms with Crippen molar-refractivity contribution < 1.29 is 46.1 Å². The Kier molecular flexibility index (Phi) is 14.1. The molecule has 0 aliphatic heterocycles. The molecule has 6 rings (SSSR count). The Morgan fingerprint density at radius 3 is 1.21 bits per heavy atom. The number of hydrogen-bond donors (Lipinski definition) is 0. The molecule has 0 spiro atoms. The van der Waals surface area contributed by atoms with Gasteiger partial charge in [-0.15, -0.1) is 0 Å². The molecule has 57 heavy (non-hydrogen) atoms. The molecule has 0 saturated carbocycles. The molecule has 1 atom stereocenters. The van der Waals surface area contributed by atoms with Crippen LogP contribution in [0.4, 0.5) is 0 Å². The molecular weight excluding hydrogens is 811 g/mol. The van der Waals surface area contributed by atoms with Crippen molar-refractivity contribution in [2.45, 2.75) is 149 Å². The molecule has 4 aromatic rings. The van der Waals surface area contributed by atoms with Crippen LogP contribution in [0.2, 0.25) is 0 Å². The third-order valence-electron chi connectivity index (χ3n) is 12.1. The molecule has 2 aliphatic carbocycles. The Labute approximate surface area is 368 Å². The van der Waals surface area contributed by atoms with E-state index in [4.69, 9.17) is 0 Å². The Hall–Kier alpha value is -2.31. The second-order valence-electron chi connectivity index (χ2n) is 21.8. The Morgan fingerprint density at radius 1 is 0.509 bits per heavy atom. The second kappa shape index (κ2) is 17.0. The Balaban J connectivity index is 0.00000360. The normalized spacial score (nSPS) is 15.7. The van der Waals surface area contributed by atoms with Gasteiger partial charge in [0.15, 0.2) is 0 Å². The first-order chi connectivity index (χ1) is 25.4. The average molecular weight is 881 g/mol. The summed E-state index contributed by atoms with van der Waals surface area (Å²) in [6.45, 7) is 38.7. The molecule has 304 valence electrons. The predicted octanol–water partition coefficient (Wildman–Crippen LogP) is 9.13. The molecule has 0 nitrogen and oxygen atoms in total. The van der Waals surface area contributed by atoms with Crippen molar-refractivity contribution in [2.24, 2.45) is 11.3 Å². The Morgan fingerprint density at radius 2 is 0.877 bits per heavy atom. The van der Waals surface area contributed by atoms with Crippen LogP contribution in [0, 0.1) is 11.3 Å². The van der Waals surface area contributed by atoms with Crippen molar-refractivity contribution in [1.29, 1.82) is 0 Å². The molecule has 0 aromatic heterocycles. The van der Waals surface area contributed by atoms with Gasteiger partial charge < -0.3 is 24.8 Å². The van der Waals surface area contributed by atoms with Crippen molar-refractivity contribution in [3.05, 3.63) is 150 Å². The molecule has 0 fully saturated rings. The van der Waals surface area contributed by atoms with Gasteiger partial charge in [-0.2, -0.15) is 0 Å². The molecule has 0 saturated heterocycles. The first kappa shape index (κ1) is 47.4. The fourth-order valence-electron chi connectivity index (χ4n) is 9.20. The molecular formula is C54H70Cl2Zr. The smallest absolute Gasteiger partial charge is 1.00 e. The number of fused-ring (bicyclic) bond motifs is 3. The second-order valence-corrected chi connectivity index (χ2v) is 27.9. The van der Waals surface area contributed by atoms with Gasteiger partial charge in [0.25, 0.3) is 0 Å². The summed E-state index contributed by atoms with van der Waals surface area (Å²) in [5, 5.41) is 0. The predicted molar refractivity (Wildman–Crippen MR) is 239 cm³/mol. The summed E-state index contributed by atoms with van der Waals surface area (Å²) >= 11 is -3.05. The summed E-state index contributed by atoms with van der Waals surface area (Å²) in [4.78, 5) is 0. The van der Waals surface area contributed by atoms with E-state index in [-0.39, 0.29) is 51.9 Å². The molecule has 0 amide bonds. The van der Waals surface area contributed by atoms with E-state index >= 15 is 0 Å². The molecule has 4 aromatic carbocycles. The minimum atomic E-state index is -3.05. The van der Waals surface area contributed by atoms with E-state index in [0.717, 1.165) is 0 Å². The van der Waals surface area contributed by atoms with E-state index in [1.54, 1.807) is 17.6 Å². The van der Waals surface area contributed by atoms with E-state index in [2.05, 4.69) is 208 Å². The SMILES string of the molecule is CCCC1C=C(C(C)(C)C)C=[C]1[Zr+2](=[C](c1ccccc1)c1ccccc1)[CH]1c2cc(C(C)(C)C)c(C(C)(C)C)cc2-c2cc(C(C)(C)C)c(C(C)(C)C)cc21.[Cl-].[Cl-]. The van der Waals surface area contributed by atoms with E-state index < -0.39 is 21.3 Å². The van der Waals surface area contributed by atoms with Crippen molar-refractivity contribution in [3.63, 3.8) is 0 Å². The van der Waals surface area contributed by atoms with Crippen LogP contribution in [-0.4, -0.2) is 3.21 Å². The number of halogens is 2. The third kappa shape index (κ3) is 9.53. The van der Waals surface area contributed by atoms with Crippen LogP contribution >= 0.6 is 0 Å². The minimum absolute atomic E-state index is 0. The monoisotopic (exact) mass is 878 g/mol. The zero-order valence-corrected chi connectivity index (χ0v) is 42.0. The first-order valence-electron chi connectivity index (χ1n) is 21.1. The number of allylic oxidation sites excluding steroid dienone is 4. The minimum Gasteiger partial charge on any atom is -1.00 e. The van der Waals surface area contributed by atoms with Crippen molar-refractivity contribution in [1.82, 2.24) is 0 Å². The fourth-order valence-corrected chi connectivity index (χ4v) is 18.8. The summed E-state index contributed by atoms with van der Waals surface area (Å²) in [6, 6.07) is 33.9. The standard InChI is InChI=1S/C29H41.C13H10.C12H19.2ClH.Zr/c1-26(2,3)22-14-18-13-19-15-23(27(4,5)6)25(29(10,11)12)17-21(19)20(18)16-24(22)28(7,8)9;1-3-7-12(8-4-1)11-13-9-5-2-6-10-13;1-5-6-10-7-8-11(9-10)12(2,3)4;;;/h13-17H,1-12H3;1-10H;8-10H,5-6H2,1-4H3;2*1H;/q;;;;;+2/p-2. The fraction of sp³-hybridized carbons (Fsp3) is 0.463. The summed E-state index contributed by atoms with van der Waals surface area (Å²) in [7, 11) is 0. The maximum atomic E-state index is 2.74. The third-order valence-corrected chi connectivity index (χ3v) is 20.6. The summed E-state index contributed by atoms with van der Waals surface area (Å²) in [5.74, 6) is 0.468. The van der Waals surface area contributed by atoms with E-state index in [0.29, 0.717) is 9.54 Å². The molecule has 0 heterocycles. The summed E-state index contributed by atoms with van der Waals surface area (Å²) < 4.78 is 3.75. The number of hydrogen-bond acceptors (Lipinski definition) is 0. The topological polar surface area (TPSA) is 0 Å². The van der Waals surface area contributed by atoms with Crippen molar-refractivity contribution >= 4 is 3.21 Å². The molecule has 0 N–H and O–H groups in total. The van der Waals surface area contributed by atoms with Gasteiger partial charge >= 0.3 is 346 Å². The van der Waals surface area contributed by atoms with Gasteiger partial charge in [-0.05, 0) is 0 Å². The van der Waals surface area contributed by atoms with Crippen LogP contribution in [0.5, 0.6) is 0 Å². The van der Waals surface area contributed by atoms with Crippen LogP contribution in [0.15, 0.2) is 106 Å². The van der Waals surface area contributed by atoms with Crippen LogP contribution in [-0.2, 0) is 42.9 Å². The van der Waals surface area contributed by atoms with E-state index in [1.165, 1.54) is 62.9 Å². The van der Waals surface area contributed by atoms with Gasteiger partial charge in [-0.25, -0.2) is 0 Å². The molecule has 1 unspecified atom stereocenters. The number of benzene rings is 4. The van der Waals surface area contributed by atoms with E-state index in [1.807, 2.05) is 0 Å². The summed E-state index contributed by atoms with van der Waals surface area (Å²) in [5.41, 5.74) is 16.6. The van der Waals surface area contributed by atoms with Crippen LogP contribution in [0.25, 0.3) is 11.1 Å². The largest absolute Gasteiger partial charge is 1.00 e. The zero-order valence-electron chi connectivity index (χ0n) is 38.1. The van der Waals surface area contributed by atoms with Gasteiger partial charge in [0, 0.05) is 0 Å². The zero-order chi connectivity index (χ0) is 40.5. The van der Waals surface area contributed by atoms with Gasteiger partial charge in [-0.1, -0.05) is 0 Å². The van der Waals surface area contributed by atoms with Crippen molar-refractivity contribution in [2.75, 3.05) is 0 Å². The van der Waals surface area contributed by atoms with Gasteiger partial charge in [-0.3, -0.25) is 0 Å². The quantitative estimate of drug-likeness (QED) is 0.182. The van der Waals surface area contributed by atoms with Gasteiger partial charge in [0.05, 0.1) is 0 Å². The summed E-state index contributed by atoms with van der Waals surface area (Å²) in [6.07, 6.45) is 7.81. The maximum absolute atomic E-state index is 3.05. The molecule has 2 aliphatic rings. The van der Waals surface area contributed by atoms with Crippen molar-refractivity contribution in [3.8, 4) is 11.1 Å². The molecule has 0 radical (unpaired) electrons. The molecule has 3 heteroatoms. The van der Waals surface area contributed by atoms with Crippen LogP contribution < -0.4 is 24.8 Å². The number of rotatable bonds is 6. The maximum Gasteiger partial charge on any atom is -1.00 e. The van der Waals surface area contributed by atoms with Gasteiger partial charge in [0.1, 0.15) is 0 Å². The average Bonchev–Trinajstić information content (AvgIpc) is 3.64. The molecule has 0 bridgehead atoms. The van der Waals surface area contributed by atoms with Gasteiger partial charge in [0.2, 0.25) is 0 Å². The van der Waals surface area contributed by atoms with Crippen LogP contribution in [0.1, 0.15) is 172 Å². The van der Waals surface area contributed by atoms with Crippen LogP contribution in [0.3, 0.4) is 0 Å². The van der Waals surface area contributed by atoms with E-state index in [9.17, 15) is 0 Å². The Bertz CT molecular complexity index is 2040. The first-order valence-corrected chi connectivity index (χ1v) is 25.0.